The van der Waals surface area contributed by atoms with Crippen molar-refractivity contribution in [1.82, 2.24) is 4.90 Å². The normalized spacial score (nSPS) is 26.4. The van der Waals surface area contributed by atoms with Gasteiger partial charge in [-0.05, 0) is 49.3 Å². The van der Waals surface area contributed by atoms with Crippen LogP contribution in [-0.2, 0) is 4.79 Å². The van der Waals surface area contributed by atoms with E-state index in [0.717, 1.165) is 24.8 Å². The Kier molecular flexibility index (Phi) is 4.89. The molecule has 21 heavy (non-hydrogen) atoms. The topological polar surface area (TPSA) is 20.3 Å². The Labute approximate surface area is 132 Å². The fraction of sp³-hybridized carbons (Fsp3) is 0.611. The van der Waals surface area contributed by atoms with E-state index in [9.17, 15) is 4.79 Å². The molecule has 1 aliphatic carbocycles. The molecule has 1 saturated carbocycles. The summed E-state index contributed by atoms with van der Waals surface area (Å²) in [7, 11) is 0. The van der Waals surface area contributed by atoms with Crippen molar-refractivity contribution >= 4 is 17.7 Å². The number of carbonyl (C=O) groups excluding carboxylic acids is 1. The molecule has 0 atom stereocenters. The molecule has 2 aliphatic rings. The lowest BCUT2D eigenvalue weighted by Crippen LogP contribution is -2.41. The van der Waals surface area contributed by atoms with Gasteiger partial charge >= 0.3 is 0 Å². The van der Waals surface area contributed by atoms with Gasteiger partial charge in [0.25, 0.3) is 0 Å². The van der Waals surface area contributed by atoms with Crippen molar-refractivity contribution in [2.24, 2.45) is 5.92 Å². The largest absolute Gasteiger partial charge is 0.343 e. The highest BCUT2D eigenvalue weighted by molar-refractivity contribution is 7.99. The van der Waals surface area contributed by atoms with Crippen LogP contribution in [0.25, 0.3) is 0 Å². The quantitative estimate of drug-likeness (QED) is 0.840. The Balaban J connectivity index is 1.41. The van der Waals surface area contributed by atoms with E-state index in [1.807, 2.05) is 11.8 Å². The predicted molar refractivity (Wildman–Crippen MR) is 89.6 cm³/mol. The molecule has 0 unspecified atom stereocenters. The van der Waals surface area contributed by atoms with Crippen LogP contribution in [-0.4, -0.2) is 35.4 Å². The summed E-state index contributed by atoms with van der Waals surface area (Å²) in [5.41, 5.74) is 1.45. The van der Waals surface area contributed by atoms with Gasteiger partial charge in [0.1, 0.15) is 0 Å². The van der Waals surface area contributed by atoms with E-state index in [0.29, 0.717) is 17.7 Å². The van der Waals surface area contributed by atoms with Crippen molar-refractivity contribution < 1.29 is 4.79 Å². The molecule has 0 spiro atoms. The first-order valence-electron chi connectivity index (χ1n) is 8.11. The molecule has 0 bridgehead atoms. The summed E-state index contributed by atoms with van der Waals surface area (Å²) in [6.07, 6.45) is 7.68. The minimum atomic E-state index is 0.395. The van der Waals surface area contributed by atoms with Crippen molar-refractivity contribution in [3.63, 3.8) is 0 Å². The molecule has 1 aliphatic heterocycles. The van der Waals surface area contributed by atoms with Gasteiger partial charge < -0.3 is 4.90 Å². The van der Waals surface area contributed by atoms with Gasteiger partial charge in [-0.2, -0.15) is 11.8 Å². The van der Waals surface area contributed by atoms with Crippen LogP contribution in [0.2, 0.25) is 0 Å². The van der Waals surface area contributed by atoms with Gasteiger partial charge in [-0.3, -0.25) is 4.79 Å². The Morgan fingerprint density at radius 3 is 2.48 bits per heavy atom. The second kappa shape index (κ2) is 6.87. The number of nitrogens with zero attached hydrogens (tertiary/aromatic N) is 1. The summed E-state index contributed by atoms with van der Waals surface area (Å²) in [5, 5.41) is 0.764. The van der Waals surface area contributed by atoms with Crippen molar-refractivity contribution in [2.45, 2.75) is 43.3 Å². The lowest BCUT2D eigenvalue weighted by atomic mass is 9.70. The van der Waals surface area contributed by atoms with E-state index in [4.69, 9.17) is 0 Å². The summed E-state index contributed by atoms with van der Waals surface area (Å²) >= 11 is 1.95. The number of piperidine rings is 1. The molecule has 1 saturated heterocycles. The maximum absolute atomic E-state index is 12.4. The summed E-state index contributed by atoms with van der Waals surface area (Å²) < 4.78 is 0. The number of carbonyl (C=O) groups is 1. The fourth-order valence-corrected chi connectivity index (χ4v) is 4.30. The average Bonchev–Trinajstić information content (AvgIpc) is 2.51. The van der Waals surface area contributed by atoms with Crippen LogP contribution >= 0.6 is 11.8 Å². The molecular weight excluding hydrogens is 278 g/mol. The predicted octanol–water partition coefficient (Wildman–Crippen LogP) is 3.92. The zero-order valence-electron chi connectivity index (χ0n) is 12.8. The fourth-order valence-electron chi connectivity index (χ4n) is 3.62. The minimum absolute atomic E-state index is 0.395. The van der Waals surface area contributed by atoms with E-state index >= 15 is 0 Å². The van der Waals surface area contributed by atoms with Crippen molar-refractivity contribution in [3.05, 3.63) is 35.9 Å². The highest BCUT2D eigenvalue weighted by atomic mass is 32.2. The number of rotatable bonds is 4. The molecule has 114 valence electrons. The number of benzene rings is 1. The maximum atomic E-state index is 12.4. The van der Waals surface area contributed by atoms with Crippen LogP contribution < -0.4 is 0 Å². The summed E-state index contributed by atoms with van der Waals surface area (Å²) in [5.74, 6) is 1.69. The first-order valence-corrected chi connectivity index (χ1v) is 9.40. The van der Waals surface area contributed by atoms with Crippen molar-refractivity contribution in [3.8, 4) is 0 Å². The van der Waals surface area contributed by atoms with E-state index in [2.05, 4.69) is 41.5 Å². The summed E-state index contributed by atoms with van der Waals surface area (Å²) in [4.78, 5) is 14.5. The van der Waals surface area contributed by atoms with Gasteiger partial charge in [0.15, 0.2) is 0 Å². The number of thioether (sulfide) groups is 1. The first kappa shape index (κ1) is 15.0. The summed E-state index contributed by atoms with van der Waals surface area (Å²) in [6.45, 7) is 1.94. The number of amides is 1. The van der Waals surface area contributed by atoms with Crippen molar-refractivity contribution in [2.75, 3.05) is 19.3 Å². The third-order valence-electron chi connectivity index (χ3n) is 5.10. The highest BCUT2D eigenvalue weighted by Gasteiger charge is 2.33. The van der Waals surface area contributed by atoms with Crippen LogP contribution in [0.5, 0.6) is 0 Å². The Morgan fingerprint density at radius 2 is 1.86 bits per heavy atom. The zero-order chi connectivity index (χ0) is 14.7. The Bertz CT molecular complexity index is 461. The molecule has 1 heterocycles. The lowest BCUT2D eigenvalue weighted by molar-refractivity contribution is -0.133. The first-order chi connectivity index (χ1) is 10.3. The second-order valence-corrected chi connectivity index (χ2v) is 7.60. The van der Waals surface area contributed by atoms with Crippen LogP contribution in [0, 0.1) is 5.92 Å². The molecule has 1 amide bonds. The molecular formula is C18H25NOS. The molecule has 1 aromatic carbocycles. The van der Waals surface area contributed by atoms with Crippen LogP contribution in [0.15, 0.2) is 30.3 Å². The third kappa shape index (κ3) is 3.63. The molecule has 0 N–H and O–H groups in total. The number of hydrogen-bond donors (Lipinski definition) is 0. The van der Waals surface area contributed by atoms with E-state index in [-0.39, 0.29) is 0 Å². The molecule has 0 aromatic heterocycles. The Morgan fingerprint density at radius 1 is 1.19 bits per heavy atom. The van der Waals surface area contributed by atoms with Crippen LogP contribution in [0.3, 0.4) is 0 Å². The second-order valence-electron chi connectivity index (χ2n) is 6.47. The molecule has 2 nitrogen and oxygen atoms in total. The molecule has 1 aromatic rings. The Hall–Kier alpha value is -0.960. The van der Waals surface area contributed by atoms with Gasteiger partial charge in [-0.25, -0.2) is 0 Å². The molecule has 3 heteroatoms. The summed E-state index contributed by atoms with van der Waals surface area (Å²) in [6, 6.07) is 10.7. The highest BCUT2D eigenvalue weighted by Crippen LogP contribution is 2.43. The zero-order valence-corrected chi connectivity index (χ0v) is 13.6. The third-order valence-corrected chi connectivity index (χ3v) is 6.24. The SMILES string of the molecule is CSC1CCN(C(=O)CC2CC(c3ccccc3)C2)CC1. The van der Waals surface area contributed by atoms with Crippen LogP contribution in [0.1, 0.15) is 43.6 Å². The van der Waals surface area contributed by atoms with Gasteiger partial charge in [0.05, 0.1) is 0 Å². The van der Waals surface area contributed by atoms with Crippen LogP contribution in [0.4, 0.5) is 0 Å². The number of hydrogen-bond acceptors (Lipinski definition) is 2. The van der Waals surface area contributed by atoms with Gasteiger partial charge in [-0.15, -0.1) is 0 Å². The van der Waals surface area contributed by atoms with Gasteiger partial charge in [0, 0.05) is 24.8 Å². The van der Waals surface area contributed by atoms with E-state index in [1.54, 1.807) is 0 Å². The average molecular weight is 303 g/mol. The lowest BCUT2D eigenvalue weighted by Gasteiger charge is -2.38. The standard InChI is InChI=1S/C18H25NOS/c1-21-17-7-9-19(10-8-17)18(20)13-14-11-16(12-14)15-5-3-2-4-6-15/h2-6,14,16-17H,7-13H2,1H3. The monoisotopic (exact) mass is 303 g/mol. The maximum Gasteiger partial charge on any atom is 0.222 e. The molecule has 2 fully saturated rings. The number of likely N-dealkylation sites (tertiary alicyclic amines) is 1. The smallest absolute Gasteiger partial charge is 0.222 e. The van der Waals surface area contributed by atoms with E-state index in [1.165, 1.54) is 31.2 Å². The van der Waals surface area contributed by atoms with Gasteiger partial charge in [-0.1, -0.05) is 30.3 Å². The minimum Gasteiger partial charge on any atom is -0.343 e. The van der Waals surface area contributed by atoms with Crippen molar-refractivity contribution in [1.29, 1.82) is 0 Å². The molecule has 0 radical (unpaired) electrons. The van der Waals surface area contributed by atoms with E-state index < -0.39 is 0 Å². The molecule has 3 rings (SSSR count). The van der Waals surface area contributed by atoms with Gasteiger partial charge in [0.2, 0.25) is 5.91 Å².